The van der Waals surface area contributed by atoms with Crippen molar-refractivity contribution < 1.29 is 4.79 Å². The monoisotopic (exact) mass is 343 g/mol. The van der Waals surface area contributed by atoms with E-state index in [1.165, 1.54) is 0 Å². The molecule has 0 aliphatic carbocycles. The van der Waals surface area contributed by atoms with E-state index in [2.05, 4.69) is 20.6 Å². The first-order valence-corrected chi connectivity index (χ1v) is 8.35. The Balaban J connectivity index is 1.42. The van der Waals surface area contributed by atoms with E-state index in [9.17, 15) is 4.79 Å². The molecule has 0 saturated carbocycles. The summed E-state index contributed by atoms with van der Waals surface area (Å²) in [5.41, 5.74) is 4.37. The summed E-state index contributed by atoms with van der Waals surface area (Å²) in [6.45, 7) is 1.02. The van der Waals surface area contributed by atoms with Gasteiger partial charge in [0.15, 0.2) is 0 Å². The molecule has 0 aliphatic heterocycles. The molecule has 0 spiro atoms. The lowest BCUT2D eigenvalue weighted by molar-refractivity contribution is 0.0950. The second-order valence-corrected chi connectivity index (χ2v) is 5.94. The number of hydrogen-bond donors (Lipinski definition) is 1. The average Bonchev–Trinajstić information content (AvgIpc) is 3.10. The fourth-order valence-corrected chi connectivity index (χ4v) is 2.74. The highest BCUT2D eigenvalue weighted by atomic mass is 16.1. The molecule has 0 saturated heterocycles. The van der Waals surface area contributed by atoms with Gasteiger partial charge in [0.25, 0.3) is 5.91 Å². The number of carbonyl (C=O) groups is 1. The molecular formula is C20H17N5O. The number of rotatable bonds is 5. The van der Waals surface area contributed by atoms with Crippen LogP contribution in [0.3, 0.4) is 0 Å². The Morgan fingerprint density at radius 3 is 2.58 bits per heavy atom. The number of aromatic nitrogens is 4. The van der Waals surface area contributed by atoms with Gasteiger partial charge in [-0.25, -0.2) is 4.68 Å². The molecule has 6 heteroatoms. The number of hydrogen-bond acceptors (Lipinski definition) is 4. The van der Waals surface area contributed by atoms with Gasteiger partial charge >= 0.3 is 0 Å². The molecule has 0 atom stereocenters. The molecule has 1 N–H and O–H groups in total. The molecule has 2 heterocycles. The SMILES string of the molecule is O=C(NCc1ccccn1)c1ccc(Cn2nnc3ccccc32)cc1. The fourth-order valence-electron chi connectivity index (χ4n) is 2.74. The van der Waals surface area contributed by atoms with Crippen LogP contribution in [0.15, 0.2) is 72.9 Å². The van der Waals surface area contributed by atoms with E-state index in [4.69, 9.17) is 0 Å². The van der Waals surface area contributed by atoms with Crippen LogP contribution in [0, 0.1) is 0 Å². The van der Waals surface area contributed by atoms with E-state index >= 15 is 0 Å². The van der Waals surface area contributed by atoms with Gasteiger partial charge in [-0.3, -0.25) is 9.78 Å². The average molecular weight is 343 g/mol. The van der Waals surface area contributed by atoms with E-state index in [0.717, 1.165) is 22.3 Å². The number of nitrogens with zero attached hydrogens (tertiary/aromatic N) is 4. The standard InChI is InChI=1S/C20H17N5O/c26-20(22-13-17-5-3-4-12-21-17)16-10-8-15(9-11-16)14-25-19-7-2-1-6-18(19)23-24-25/h1-12H,13-14H2,(H,22,26). The number of para-hydroxylation sites is 1. The van der Waals surface area contributed by atoms with Crippen molar-refractivity contribution in [3.05, 3.63) is 89.7 Å². The van der Waals surface area contributed by atoms with Crippen molar-refractivity contribution in [2.45, 2.75) is 13.1 Å². The van der Waals surface area contributed by atoms with Gasteiger partial charge in [0.1, 0.15) is 5.52 Å². The molecule has 4 rings (SSSR count). The zero-order valence-corrected chi connectivity index (χ0v) is 14.0. The summed E-state index contributed by atoms with van der Waals surface area (Å²) < 4.78 is 1.85. The second kappa shape index (κ2) is 7.14. The molecule has 2 aromatic heterocycles. The number of carbonyl (C=O) groups excluding carboxylic acids is 1. The maximum Gasteiger partial charge on any atom is 0.251 e. The summed E-state index contributed by atoms with van der Waals surface area (Å²) >= 11 is 0. The maximum absolute atomic E-state index is 12.3. The number of pyridine rings is 1. The first-order chi connectivity index (χ1) is 12.8. The number of benzene rings is 2. The molecule has 0 fully saturated rings. The first kappa shape index (κ1) is 16.0. The normalized spacial score (nSPS) is 10.8. The van der Waals surface area contributed by atoms with Crippen LogP contribution in [-0.2, 0) is 13.1 Å². The van der Waals surface area contributed by atoms with Crippen LogP contribution < -0.4 is 5.32 Å². The highest BCUT2D eigenvalue weighted by Gasteiger charge is 2.07. The van der Waals surface area contributed by atoms with Crippen molar-refractivity contribution in [2.75, 3.05) is 0 Å². The summed E-state index contributed by atoms with van der Waals surface area (Å²) in [5.74, 6) is -0.117. The lowest BCUT2D eigenvalue weighted by Gasteiger charge is -2.06. The largest absolute Gasteiger partial charge is 0.346 e. The molecule has 0 aliphatic rings. The molecule has 6 nitrogen and oxygen atoms in total. The summed E-state index contributed by atoms with van der Waals surface area (Å²) in [6, 6.07) is 21.0. The molecular weight excluding hydrogens is 326 g/mol. The molecule has 1 amide bonds. The number of amides is 1. The Kier molecular flexibility index (Phi) is 4.38. The quantitative estimate of drug-likeness (QED) is 0.605. The van der Waals surface area contributed by atoms with Crippen molar-refractivity contribution in [3.63, 3.8) is 0 Å². The van der Waals surface area contributed by atoms with Crippen molar-refractivity contribution in [3.8, 4) is 0 Å². The van der Waals surface area contributed by atoms with Gasteiger partial charge in [-0.1, -0.05) is 35.5 Å². The molecule has 0 bridgehead atoms. The van der Waals surface area contributed by atoms with Crippen LogP contribution >= 0.6 is 0 Å². The van der Waals surface area contributed by atoms with E-state index in [-0.39, 0.29) is 5.91 Å². The minimum atomic E-state index is -0.117. The second-order valence-electron chi connectivity index (χ2n) is 5.94. The van der Waals surface area contributed by atoms with Crippen molar-refractivity contribution >= 4 is 16.9 Å². The molecule has 4 aromatic rings. The van der Waals surface area contributed by atoms with Crippen molar-refractivity contribution in [1.82, 2.24) is 25.3 Å². The Morgan fingerprint density at radius 1 is 0.962 bits per heavy atom. The zero-order chi connectivity index (χ0) is 17.8. The van der Waals surface area contributed by atoms with Crippen molar-refractivity contribution in [2.24, 2.45) is 0 Å². The Hall–Kier alpha value is -3.54. The van der Waals surface area contributed by atoms with Crippen LogP contribution in [0.5, 0.6) is 0 Å². The first-order valence-electron chi connectivity index (χ1n) is 8.35. The zero-order valence-electron chi connectivity index (χ0n) is 14.0. The smallest absolute Gasteiger partial charge is 0.251 e. The van der Waals surface area contributed by atoms with E-state index in [1.807, 2.05) is 71.4 Å². The Bertz CT molecular complexity index is 1020. The predicted molar refractivity (Wildman–Crippen MR) is 98.5 cm³/mol. The van der Waals surface area contributed by atoms with Gasteiger partial charge < -0.3 is 5.32 Å². The van der Waals surface area contributed by atoms with Gasteiger partial charge in [0.2, 0.25) is 0 Å². The maximum atomic E-state index is 12.3. The van der Waals surface area contributed by atoms with Crippen LogP contribution in [0.1, 0.15) is 21.6 Å². The van der Waals surface area contributed by atoms with Crippen LogP contribution in [-0.4, -0.2) is 25.9 Å². The minimum Gasteiger partial charge on any atom is -0.346 e. The van der Waals surface area contributed by atoms with Gasteiger partial charge in [0, 0.05) is 11.8 Å². The third-order valence-electron chi connectivity index (χ3n) is 4.12. The van der Waals surface area contributed by atoms with Gasteiger partial charge in [0.05, 0.1) is 24.3 Å². The molecule has 128 valence electrons. The number of fused-ring (bicyclic) bond motifs is 1. The molecule has 2 aromatic carbocycles. The van der Waals surface area contributed by atoms with Gasteiger partial charge in [-0.05, 0) is 42.0 Å². The van der Waals surface area contributed by atoms with Gasteiger partial charge in [-0.2, -0.15) is 0 Å². The summed E-state index contributed by atoms with van der Waals surface area (Å²) in [5, 5.41) is 11.2. The summed E-state index contributed by atoms with van der Waals surface area (Å²) in [7, 11) is 0. The van der Waals surface area contributed by atoms with E-state index in [1.54, 1.807) is 6.20 Å². The van der Waals surface area contributed by atoms with Crippen LogP contribution in [0.4, 0.5) is 0 Å². The lowest BCUT2D eigenvalue weighted by atomic mass is 10.1. The molecule has 26 heavy (non-hydrogen) atoms. The Labute approximate surface area is 150 Å². The topological polar surface area (TPSA) is 72.7 Å². The molecule has 0 unspecified atom stereocenters. The predicted octanol–water partition coefficient (Wildman–Crippen LogP) is 2.80. The summed E-state index contributed by atoms with van der Waals surface area (Å²) in [6.07, 6.45) is 1.71. The van der Waals surface area contributed by atoms with E-state index in [0.29, 0.717) is 18.7 Å². The highest BCUT2D eigenvalue weighted by molar-refractivity contribution is 5.94. The van der Waals surface area contributed by atoms with Crippen LogP contribution in [0.2, 0.25) is 0 Å². The third-order valence-corrected chi connectivity index (χ3v) is 4.12. The fraction of sp³-hybridized carbons (Fsp3) is 0.100. The minimum absolute atomic E-state index is 0.117. The Morgan fingerprint density at radius 2 is 1.77 bits per heavy atom. The van der Waals surface area contributed by atoms with Crippen LogP contribution in [0.25, 0.3) is 11.0 Å². The van der Waals surface area contributed by atoms with Gasteiger partial charge in [-0.15, -0.1) is 5.10 Å². The van der Waals surface area contributed by atoms with Crippen molar-refractivity contribution in [1.29, 1.82) is 0 Å². The third kappa shape index (κ3) is 3.44. The van der Waals surface area contributed by atoms with E-state index < -0.39 is 0 Å². The summed E-state index contributed by atoms with van der Waals surface area (Å²) in [4.78, 5) is 16.4. The lowest BCUT2D eigenvalue weighted by Crippen LogP contribution is -2.23. The highest BCUT2D eigenvalue weighted by Crippen LogP contribution is 2.13. The molecule has 0 radical (unpaired) electrons. The number of nitrogens with one attached hydrogen (secondary N) is 1.